The fourth-order valence-corrected chi connectivity index (χ4v) is 1.98. The molecular weight excluding hydrogens is 254 g/mol. The van der Waals surface area contributed by atoms with Crippen molar-refractivity contribution in [3.05, 3.63) is 17.8 Å². The molecule has 20 heavy (non-hydrogen) atoms. The Kier molecular flexibility index (Phi) is 6.84. The third kappa shape index (κ3) is 5.91. The minimum absolute atomic E-state index is 0.113. The summed E-state index contributed by atoms with van der Waals surface area (Å²) >= 11 is 0. The first kappa shape index (κ1) is 16.3. The van der Waals surface area contributed by atoms with Gasteiger partial charge in [-0.05, 0) is 18.4 Å². The molecule has 1 rings (SSSR count). The molecule has 4 N–H and O–H groups in total. The maximum absolute atomic E-state index is 10.8. The lowest BCUT2D eigenvalue weighted by atomic mass is 10.0. The lowest BCUT2D eigenvalue weighted by Crippen LogP contribution is -2.08. The minimum atomic E-state index is -1.01. The van der Waals surface area contributed by atoms with E-state index < -0.39 is 5.97 Å². The Balaban J connectivity index is 2.24. The van der Waals surface area contributed by atoms with Crippen LogP contribution in [-0.4, -0.2) is 22.6 Å². The number of carboxylic acid groups (broad SMARTS) is 1. The van der Waals surface area contributed by atoms with Crippen molar-refractivity contribution in [2.75, 3.05) is 17.6 Å². The highest BCUT2D eigenvalue weighted by Crippen LogP contribution is 2.16. The van der Waals surface area contributed by atoms with Gasteiger partial charge in [0.2, 0.25) is 0 Å². The van der Waals surface area contributed by atoms with E-state index in [1.165, 1.54) is 37.9 Å². The van der Waals surface area contributed by atoms with E-state index in [1.54, 1.807) is 0 Å². The second-order valence-corrected chi connectivity index (χ2v) is 5.49. The predicted molar refractivity (Wildman–Crippen MR) is 82.0 cm³/mol. The van der Waals surface area contributed by atoms with Crippen LogP contribution in [0.25, 0.3) is 0 Å². The Morgan fingerprint density at radius 3 is 2.65 bits per heavy atom. The number of aromatic carboxylic acids is 1. The highest BCUT2D eigenvalue weighted by atomic mass is 16.4. The molecule has 1 aromatic rings. The number of hydrogen-bond donors (Lipinski definition) is 3. The first-order valence-electron chi connectivity index (χ1n) is 7.23. The second-order valence-electron chi connectivity index (χ2n) is 5.49. The predicted octanol–water partition coefficient (Wildman–Crippen LogP) is 3.38. The molecule has 0 aromatic carbocycles. The summed E-state index contributed by atoms with van der Waals surface area (Å²) in [7, 11) is 0. The number of rotatable bonds is 9. The number of anilines is 2. The fraction of sp³-hybridized carbons (Fsp3) is 0.600. The summed E-state index contributed by atoms with van der Waals surface area (Å²) in [6.45, 7) is 5.30. The molecule has 0 saturated carbocycles. The van der Waals surface area contributed by atoms with Crippen LogP contribution in [0.4, 0.5) is 11.5 Å². The zero-order valence-electron chi connectivity index (χ0n) is 12.4. The lowest BCUT2D eigenvalue weighted by Gasteiger charge is -2.09. The molecule has 0 unspecified atom stereocenters. The minimum Gasteiger partial charge on any atom is -0.478 e. The second kappa shape index (κ2) is 8.40. The molecule has 112 valence electrons. The SMILES string of the molecule is CC(C)CCCCCCNc1ncc(C(=O)O)cc1N. The Morgan fingerprint density at radius 2 is 2.05 bits per heavy atom. The third-order valence-corrected chi connectivity index (χ3v) is 3.16. The summed E-state index contributed by atoms with van der Waals surface area (Å²) in [5, 5.41) is 12.0. The van der Waals surface area contributed by atoms with Crippen LogP contribution in [-0.2, 0) is 0 Å². The van der Waals surface area contributed by atoms with Gasteiger partial charge in [0.05, 0.1) is 11.3 Å². The molecule has 0 saturated heterocycles. The summed E-state index contributed by atoms with van der Waals surface area (Å²) in [4.78, 5) is 14.8. The molecule has 0 amide bonds. The van der Waals surface area contributed by atoms with Crippen molar-refractivity contribution in [1.82, 2.24) is 4.98 Å². The van der Waals surface area contributed by atoms with Gasteiger partial charge in [-0.15, -0.1) is 0 Å². The van der Waals surface area contributed by atoms with Crippen molar-refractivity contribution < 1.29 is 9.90 Å². The van der Waals surface area contributed by atoms with Gasteiger partial charge in [-0.3, -0.25) is 0 Å². The Bertz CT molecular complexity index is 433. The summed E-state index contributed by atoms with van der Waals surface area (Å²) in [5.74, 6) is 0.336. The normalized spacial score (nSPS) is 10.8. The van der Waals surface area contributed by atoms with E-state index >= 15 is 0 Å². The quantitative estimate of drug-likeness (QED) is 0.603. The topological polar surface area (TPSA) is 88.2 Å². The fourth-order valence-electron chi connectivity index (χ4n) is 1.98. The first-order chi connectivity index (χ1) is 9.50. The van der Waals surface area contributed by atoms with Gasteiger partial charge in [0.1, 0.15) is 5.82 Å². The third-order valence-electron chi connectivity index (χ3n) is 3.16. The van der Waals surface area contributed by atoms with Gasteiger partial charge in [0, 0.05) is 12.7 Å². The molecule has 1 aromatic heterocycles. The average molecular weight is 279 g/mol. The van der Waals surface area contributed by atoms with Gasteiger partial charge in [0.15, 0.2) is 0 Å². The summed E-state index contributed by atoms with van der Waals surface area (Å²) in [5.41, 5.74) is 6.26. The molecule has 0 atom stereocenters. The Morgan fingerprint density at radius 1 is 1.35 bits per heavy atom. The van der Waals surface area contributed by atoms with E-state index in [0.717, 1.165) is 18.9 Å². The van der Waals surface area contributed by atoms with Gasteiger partial charge in [0.25, 0.3) is 0 Å². The number of nitrogens with one attached hydrogen (secondary N) is 1. The van der Waals surface area contributed by atoms with Crippen molar-refractivity contribution in [2.24, 2.45) is 5.92 Å². The summed E-state index contributed by atoms with van der Waals surface area (Å²) in [6, 6.07) is 1.43. The van der Waals surface area contributed by atoms with Crippen LogP contribution in [0.15, 0.2) is 12.3 Å². The average Bonchev–Trinajstić information content (AvgIpc) is 2.38. The molecule has 1 heterocycles. The Labute approximate surface area is 120 Å². The molecule has 0 aliphatic heterocycles. The molecule has 0 fully saturated rings. The van der Waals surface area contributed by atoms with Crippen molar-refractivity contribution in [2.45, 2.75) is 46.0 Å². The zero-order chi connectivity index (χ0) is 15.0. The van der Waals surface area contributed by atoms with Gasteiger partial charge >= 0.3 is 5.97 Å². The number of carbonyl (C=O) groups is 1. The number of hydrogen-bond acceptors (Lipinski definition) is 4. The molecule has 0 aliphatic carbocycles. The maximum atomic E-state index is 10.8. The zero-order valence-corrected chi connectivity index (χ0v) is 12.4. The maximum Gasteiger partial charge on any atom is 0.337 e. The number of aromatic nitrogens is 1. The van der Waals surface area contributed by atoms with Crippen LogP contribution in [0.2, 0.25) is 0 Å². The highest BCUT2D eigenvalue weighted by molar-refractivity contribution is 5.89. The monoisotopic (exact) mass is 279 g/mol. The van der Waals surface area contributed by atoms with Crippen LogP contribution in [0.3, 0.4) is 0 Å². The smallest absolute Gasteiger partial charge is 0.337 e. The van der Waals surface area contributed by atoms with Crippen molar-refractivity contribution >= 4 is 17.5 Å². The number of unbranched alkanes of at least 4 members (excludes halogenated alkanes) is 3. The molecule has 0 spiro atoms. The van der Waals surface area contributed by atoms with E-state index in [4.69, 9.17) is 10.8 Å². The van der Waals surface area contributed by atoms with E-state index in [0.29, 0.717) is 11.5 Å². The van der Waals surface area contributed by atoms with Crippen LogP contribution < -0.4 is 11.1 Å². The van der Waals surface area contributed by atoms with E-state index in [2.05, 4.69) is 24.1 Å². The number of nitrogens with zero attached hydrogens (tertiary/aromatic N) is 1. The van der Waals surface area contributed by atoms with E-state index in [9.17, 15) is 4.79 Å². The summed E-state index contributed by atoms with van der Waals surface area (Å²) < 4.78 is 0. The first-order valence-corrected chi connectivity index (χ1v) is 7.23. The van der Waals surface area contributed by atoms with Crippen LogP contribution in [0, 0.1) is 5.92 Å². The van der Waals surface area contributed by atoms with Crippen LogP contribution in [0.1, 0.15) is 56.3 Å². The standard InChI is InChI=1S/C15H25N3O2/c1-11(2)7-5-3-4-6-8-17-14-13(16)9-12(10-18-14)15(19)20/h9-11H,3-8,16H2,1-2H3,(H,17,18)(H,19,20). The van der Waals surface area contributed by atoms with Gasteiger partial charge in [-0.2, -0.15) is 0 Å². The summed E-state index contributed by atoms with van der Waals surface area (Å²) in [6.07, 6.45) is 7.40. The number of nitrogen functional groups attached to an aromatic ring is 1. The molecular formula is C15H25N3O2. The van der Waals surface area contributed by atoms with Gasteiger partial charge in [-0.25, -0.2) is 9.78 Å². The van der Waals surface area contributed by atoms with Crippen molar-refractivity contribution in [3.8, 4) is 0 Å². The lowest BCUT2D eigenvalue weighted by molar-refractivity contribution is 0.0696. The highest BCUT2D eigenvalue weighted by Gasteiger charge is 2.07. The van der Waals surface area contributed by atoms with Crippen LogP contribution in [0.5, 0.6) is 0 Å². The molecule has 5 nitrogen and oxygen atoms in total. The van der Waals surface area contributed by atoms with Crippen molar-refractivity contribution in [1.29, 1.82) is 0 Å². The van der Waals surface area contributed by atoms with Gasteiger partial charge in [-0.1, -0.05) is 39.5 Å². The molecule has 0 bridgehead atoms. The molecule has 0 radical (unpaired) electrons. The largest absolute Gasteiger partial charge is 0.478 e. The van der Waals surface area contributed by atoms with Crippen molar-refractivity contribution in [3.63, 3.8) is 0 Å². The molecule has 5 heteroatoms. The number of carboxylic acids is 1. The van der Waals surface area contributed by atoms with Gasteiger partial charge < -0.3 is 16.2 Å². The van der Waals surface area contributed by atoms with E-state index in [1.807, 2.05) is 0 Å². The van der Waals surface area contributed by atoms with E-state index in [-0.39, 0.29) is 5.56 Å². The van der Waals surface area contributed by atoms with Crippen LogP contribution >= 0.6 is 0 Å². The Hall–Kier alpha value is -1.78. The number of nitrogens with two attached hydrogens (primary N) is 1. The molecule has 0 aliphatic rings. The number of pyridine rings is 1.